The highest BCUT2D eigenvalue weighted by Crippen LogP contribution is 2.33. The van der Waals surface area contributed by atoms with Crippen LogP contribution in [-0.2, 0) is 19.1 Å². The summed E-state index contributed by atoms with van der Waals surface area (Å²) in [6, 6.07) is 4.60. The molecule has 6 heteroatoms. The average Bonchev–Trinajstić information content (AvgIpc) is 2.65. The molecule has 1 atom stereocenters. The molecule has 1 heterocycles. The number of cyclic esters (lactones) is 1. The third-order valence-corrected chi connectivity index (χ3v) is 2.58. The van der Waals surface area contributed by atoms with Gasteiger partial charge in [0.1, 0.15) is 0 Å². The Morgan fingerprint density at radius 2 is 1.72 bits per heavy atom. The van der Waals surface area contributed by atoms with Gasteiger partial charge in [0.05, 0.1) is 14.2 Å². The van der Waals surface area contributed by atoms with E-state index in [1.807, 2.05) is 0 Å². The lowest BCUT2D eigenvalue weighted by atomic mass is 10.0. The van der Waals surface area contributed by atoms with Gasteiger partial charge in [-0.2, -0.15) is 0 Å². The summed E-state index contributed by atoms with van der Waals surface area (Å²) in [6.45, 7) is 0. The molecule has 0 N–H and O–H groups in total. The minimum atomic E-state index is -1.19. The van der Waals surface area contributed by atoms with Crippen molar-refractivity contribution >= 4 is 17.5 Å². The number of benzene rings is 1. The zero-order valence-electron chi connectivity index (χ0n) is 9.76. The summed E-state index contributed by atoms with van der Waals surface area (Å²) in [5, 5.41) is 0. The molecule has 0 bridgehead atoms. The van der Waals surface area contributed by atoms with Gasteiger partial charge in [0.15, 0.2) is 17.6 Å². The molecule has 1 saturated heterocycles. The number of methoxy groups -OCH3 is 2. The third-order valence-electron chi connectivity index (χ3n) is 2.58. The van der Waals surface area contributed by atoms with E-state index in [-0.39, 0.29) is 0 Å². The first kappa shape index (κ1) is 12.1. The van der Waals surface area contributed by atoms with Gasteiger partial charge in [-0.25, -0.2) is 4.79 Å². The second-order valence-corrected chi connectivity index (χ2v) is 3.59. The van der Waals surface area contributed by atoms with Crippen LogP contribution in [0, 0.1) is 0 Å². The van der Waals surface area contributed by atoms with Gasteiger partial charge in [0, 0.05) is 5.56 Å². The average molecular weight is 250 g/mol. The summed E-state index contributed by atoms with van der Waals surface area (Å²) in [5.41, 5.74) is 0.372. The molecule has 1 aliphatic heterocycles. The monoisotopic (exact) mass is 250 g/mol. The Labute approximate surface area is 102 Å². The van der Waals surface area contributed by atoms with Gasteiger partial charge in [-0.1, -0.05) is 6.07 Å². The van der Waals surface area contributed by atoms with Crippen molar-refractivity contribution in [3.05, 3.63) is 23.8 Å². The fourth-order valence-corrected chi connectivity index (χ4v) is 1.67. The maximum atomic E-state index is 11.5. The zero-order valence-corrected chi connectivity index (χ0v) is 9.76. The number of Topliss-reactive ketones (excluding diaryl/α,β-unsaturated/α-hetero) is 2. The molecular weight excluding hydrogens is 240 g/mol. The van der Waals surface area contributed by atoms with Gasteiger partial charge < -0.3 is 14.2 Å². The summed E-state index contributed by atoms with van der Waals surface area (Å²) in [4.78, 5) is 33.6. The fraction of sp³-hybridized carbons (Fsp3) is 0.250. The van der Waals surface area contributed by atoms with Crippen molar-refractivity contribution in [3.8, 4) is 11.5 Å². The maximum Gasteiger partial charge on any atom is 0.384 e. The lowest BCUT2D eigenvalue weighted by molar-refractivity contribution is -0.149. The molecular formula is C12H10O6. The number of esters is 1. The van der Waals surface area contributed by atoms with Crippen LogP contribution in [-0.4, -0.2) is 31.8 Å². The molecule has 1 aromatic rings. The first-order chi connectivity index (χ1) is 8.58. The summed E-state index contributed by atoms with van der Waals surface area (Å²) in [7, 11) is 2.91. The Morgan fingerprint density at radius 1 is 1.06 bits per heavy atom. The summed E-state index contributed by atoms with van der Waals surface area (Å²) in [6.07, 6.45) is -1.19. The quantitative estimate of drug-likeness (QED) is 0.572. The largest absolute Gasteiger partial charge is 0.493 e. The molecule has 1 unspecified atom stereocenters. The van der Waals surface area contributed by atoms with Gasteiger partial charge in [-0.05, 0) is 12.1 Å². The maximum absolute atomic E-state index is 11.5. The van der Waals surface area contributed by atoms with Crippen LogP contribution in [0.2, 0.25) is 0 Å². The van der Waals surface area contributed by atoms with Crippen LogP contribution in [0.4, 0.5) is 0 Å². The highest BCUT2D eigenvalue weighted by atomic mass is 16.6. The molecule has 6 nitrogen and oxygen atoms in total. The highest BCUT2D eigenvalue weighted by Gasteiger charge is 2.43. The number of rotatable bonds is 3. The Bertz CT molecular complexity index is 533. The smallest absolute Gasteiger partial charge is 0.384 e. The molecule has 0 aliphatic carbocycles. The van der Waals surface area contributed by atoms with Crippen LogP contribution in [0.15, 0.2) is 18.2 Å². The van der Waals surface area contributed by atoms with Gasteiger partial charge in [-0.15, -0.1) is 0 Å². The topological polar surface area (TPSA) is 78.9 Å². The molecule has 1 fully saturated rings. The van der Waals surface area contributed by atoms with Crippen LogP contribution in [0.25, 0.3) is 0 Å². The van der Waals surface area contributed by atoms with Crippen molar-refractivity contribution in [2.45, 2.75) is 6.10 Å². The van der Waals surface area contributed by atoms with Crippen LogP contribution < -0.4 is 9.47 Å². The Hall–Kier alpha value is -2.37. The van der Waals surface area contributed by atoms with E-state index in [9.17, 15) is 14.4 Å². The SMILES string of the molecule is COc1ccc(C2OC(=O)C(=O)C2=O)cc1OC. The molecule has 94 valence electrons. The first-order valence-electron chi connectivity index (χ1n) is 5.09. The molecule has 0 spiro atoms. The second-order valence-electron chi connectivity index (χ2n) is 3.59. The van der Waals surface area contributed by atoms with Gasteiger partial charge in [0.25, 0.3) is 5.78 Å². The summed E-state index contributed by atoms with van der Waals surface area (Å²) in [5.74, 6) is -2.26. The Morgan fingerprint density at radius 3 is 2.22 bits per heavy atom. The van der Waals surface area contributed by atoms with Gasteiger partial charge in [0.2, 0.25) is 0 Å². The van der Waals surface area contributed by atoms with E-state index in [4.69, 9.17) is 14.2 Å². The minimum Gasteiger partial charge on any atom is -0.493 e. The van der Waals surface area contributed by atoms with E-state index in [0.29, 0.717) is 17.1 Å². The van der Waals surface area contributed by atoms with E-state index in [0.717, 1.165) is 0 Å². The lowest BCUT2D eigenvalue weighted by Gasteiger charge is -2.11. The van der Waals surface area contributed by atoms with Crippen molar-refractivity contribution in [2.24, 2.45) is 0 Å². The molecule has 2 rings (SSSR count). The summed E-state index contributed by atoms with van der Waals surface area (Å²) >= 11 is 0. The van der Waals surface area contributed by atoms with E-state index in [1.54, 1.807) is 6.07 Å². The molecule has 18 heavy (non-hydrogen) atoms. The van der Waals surface area contributed by atoms with E-state index in [1.165, 1.54) is 26.4 Å². The number of ketones is 2. The predicted octanol–water partition coefficient (Wildman–Crippen LogP) is 0.440. The number of carbonyl (C=O) groups excluding carboxylic acids is 3. The highest BCUT2D eigenvalue weighted by molar-refractivity contribution is 6.65. The van der Waals surface area contributed by atoms with Crippen molar-refractivity contribution in [1.29, 1.82) is 0 Å². The molecule has 0 amide bonds. The molecule has 0 radical (unpaired) electrons. The number of hydrogen-bond donors (Lipinski definition) is 0. The van der Waals surface area contributed by atoms with Crippen molar-refractivity contribution < 1.29 is 28.6 Å². The van der Waals surface area contributed by atoms with E-state index >= 15 is 0 Å². The number of hydrogen-bond acceptors (Lipinski definition) is 6. The Kier molecular flexibility index (Phi) is 3.01. The molecule has 1 aliphatic rings. The van der Waals surface area contributed by atoms with Crippen LogP contribution in [0.3, 0.4) is 0 Å². The standard InChI is InChI=1S/C12H10O6/c1-16-7-4-3-6(5-8(7)17-2)11-9(13)10(14)12(15)18-11/h3-5,11H,1-2H3. The molecule has 0 aromatic heterocycles. The number of carbonyl (C=O) groups is 3. The van der Waals surface area contributed by atoms with E-state index in [2.05, 4.69) is 0 Å². The zero-order chi connectivity index (χ0) is 13.3. The lowest BCUT2D eigenvalue weighted by Crippen LogP contribution is -2.15. The fourth-order valence-electron chi connectivity index (χ4n) is 1.67. The second kappa shape index (κ2) is 4.48. The van der Waals surface area contributed by atoms with Crippen molar-refractivity contribution in [2.75, 3.05) is 14.2 Å². The van der Waals surface area contributed by atoms with Gasteiger partial charge >= 0.3 is 11.8 Å². The van der Waals surface area contributed by atoms with Crippen molar-refractivity contribution in [1.82, 2.24) is 0 Å². The van der Waals surface area contributed by atoms with Gasteiger partial charge in [-0.3, -0.25) is 9.59 Å². The Balaban J connectivity index is 2.38. The molecule has 1 aromatic carbocycles. The van der Waals surface area contributed by atoms with Crippen LogP contribution >= 0.6 is 0 Å². The van der Waals surface area contributed by atoms with E-state index < -0.39 is 23.6 Å². The van der Waals surface area contributed by atoms with Crippen LogP contribution in [0.1, 0.15) is 11.7 Å². The molecule has 0 saturated carbocycles. The normalized spacial score (nSPS) is 18.8. The minimum absolute atomic E-state index is 0.372. The summed E-state index contributed by atoms with van der Waals surface area (Å²) < 4.78 is 14.8. The van der Waals surface area contributed by atoms with Crippen molar-refractivity contribution in [3.63, 3.8) is 0 Å². The first-order valence-corrected chi connectivity index (χ1v) is 5.09. The number of ether oxygens (including phenoxy) is 3. The van der Waals surface area contributed by atoms with Crippen LogP contribution in [0.5, 0.6) is 11.5 Å². The third kappa shape index (κ3) is 1.81. The predicted molar refractivity (Wildman–Crippen MR) is 58.4 cm³/mol.